The summed E-state index contributed by atoms with van der Waals surface area (Å²) in [6.07, 6.45) is 0.660. The van der Waals surface area contributed by atoms with Gasteiger partial charge in [-0.3, -0.25) is 4.79 Å². The van der Waals surface area contributed by atoms with Crippen LogP contribution in [0.4, 0.5) is 4.79 Å². The van der Waals surface area contributed by atoms with E-state index in [0.29, 0.717) is 19.0 Å². The zero-order valence-corrected chi connectivity index (χ0v) is 15.2. The fourth-order valence-corrected chi connectivity index (χ4v) is 4.75. The molecular formula is C20H26N2O3. The van der Waals surface area contributed by atoms with Crippen molar-refractivity contribution in [2.75, 3.05) is 19.6 Å². The molecule has 25 heavy (non-hydrogen) atoms. The lowest BCUT2D eigenvalue weighted by Gasteiger charge is -2.44. The first-order valence-corrected chi connectivity index (χ1v) is 9.09. The lowest BCUT2D eigenvalue weighted by Crippen LogP contribution is -2.49. The number of hydrogen-bond acceptors (Lipinski definition) is 3. The highest BCUT2D eigenvalue weighted by Crippen LogP contribution is 2.60. The van der Waals surface area contributed by atoms with E-state index in [2.05, 4.69) is 12.1 Å². The summed E-state index contributed by atoms with van der Waals surface area (Å²) >= 11 is 0. The lowest BCUT2D eigenvalue weighted by molar-refractivity contribution is -0.135. The number of carbonyl (C=O) groups excluding carboxylic acids is 2. The van der Waals surface area contributed by atoms with Crippen molar-refractivity contribution < 1.29 is 14.3 Å². The minimum atomic E-state index is -0.485. The number of carbonyl (C=O) groups is 2. The van der Waals surface area contributed by atoms with Gasteiger partial charge in [-0.25, -0.2) is 4.79 Å². The minimum Gasteiger partial charge on any atom is -0.444 e. The molecule has 5 nitrogen and oxygen atoms in total. The number of rotatable bonds is 2. The molecule has 5 heteroatoms. The van der Waals surface area contributed by atoms with Gasteiger partial charge < -0.3 is 14.5 Å². The molecule has 3 fully saturated rings. The van der Waals surface area contributed by atoms with E-state index in [4.69, 9.17) is 4.74 Å². The monoisotopic (exact) mass is 342 g/mol. The third kappa shape index (κ3) is 2.70. The summed E-state index contributed by atoms with van der Waals surface area (Å²) in [5.41, 5.74) is 0.621. The van der Waals surface area contributed by atoms with Gasteiger partial charge in [0, 0.05) is 37.5 Å². The van der Waals surface area contributed by atoms with Crippen molar-refractivity contribution in [3.63, 3.8) is 0 Å². The largest absolute Gasteiger partial charge is 0.444 e. The minimum absolute atomic E-state index is 0.0528. The summed E-state index contributed by atoms with van der Waals surface area (Å²) in [5, 5.41) is 0. The molecule has 2 heterocycles. The Morgan fingerprint density at radius 3 is 2.64 bits per heavy atom. The van der Waals surface area contributed by atoms with Gasteiger partial charge in [-0.05, 0) is 38.7 Å². The number of likely N-dealkylation sites (tertiary alicyclic amines) is 2. The van der Waals surface area contributed by atoms with Crippen LogP contribution in [0.15, 0.2) is 30.3 Å². The Bertz CT molecular complexity index is 697. The van der Waals surface area contributed by atoms with Gasteiger partial charge in [0.1, 0.15) is 5.60 Å². The predicted molar refractivity (Wildman–Crippen MR) is 93.7 cm³/mol. The maximum Gasteiger partial charge on any atom is 0.410 e. The van der Waals surface area contributed by atoms with Crippen molar-refractivity contribution in [1.82, 2.24) is 9.80 Å². The number of benzene rings is 1. The summed E-state index contributed by atoms with van der Waals surface area (Å²) in [5.74, 6) is 0.759. The SMILES string of the molecule is CC(C)(C)OC(=O)N1C[C@H]2C[C@@H]3C(=O)N(Cc4ccccc4)C[C@]23C1. The summed E-state index contributed by atoms with van der Waals surface area (Å²) in [6.45, 7) is 8.45. The molecule has 2 saturated heterocycles. The van der Waals surface area contributed by atoms with E-state index in [1.54, 1.807) is 0 Å². The maximum absolute atomic E-state index is 12.8. The first kappa shape index (κ1) is 16.4. The second-order valence-corrected chi connectivity index (χ2v) is 8.76. The van der Waals surface area contributed by atoms with Gasteiger partial charge in [0.05, 0.1) is 0 Å². The molecule has 0 radical (unpaired) electrons. The molecule has 134 valence electrons. The first-order valence-electron chi connectivity index (χ1n) is 9.09. The Morgan fingerprint density at radius 2 is 1.96 bits per heavy atom. The number of amides is 2. The van der Waals surface area contributed by atoms with Crippen molar-refractivity contribution in [2.45, 2.75) is 39.3 Å². The number of hydrogen-bond donors (Lipinski definition) is 0. The third-order valence-corrected chi connectivity index (χ3v) is 5.92. The van der Waals surface area contributed by atoms with E-state index in [-0.39, 0.29) is 23.3 Å². The fourth-order valence-electron chi connectivity index (χ4n) is 4.75. The fraction of sp³-hybridized carbons (Fsp3) is 0.600. The smallest absolute Gasteiger partial charge is 0.410 e. The maximum atomic E-state index is 12.8. The van der Waals surface area contributed by atoms with Gasteiger partial charge >= 0.3 is 6.09 Å². The van der Waals surface area contributed by atoms with Gasteiger partial charge in [0.25, 0.3) is 0 Å². The highest BCUT2D eigenvalue weighted by atomic mass is 16.6. The van der Waals surface area contributed by atoms with Crippen LogP contribution in [-0.4, -0.2) is 47.0 Å². The quantitative estimate of drug-likeness (QED) is 0.830. The topological polar surface area (TPSA) is 49.9 Å². The number of nitrogens with zero attached hydrogens (tertiary/aromatic N) is 2. The average molecular weight is 342 g/mol. The van der Waals surface area contributed by atoms with Crippen molar-refractivity contribution >= 4 is 12.0 Å². The lowest BCUT2D eigenvalue weighted by atomic mass is 9.56. The molecule has 4 rings (SSSR count). The van der Waals surface area contributed by atoms with Crippen LogP contribution in [0.5, 0.6) is 0 Å². The predicted octanol–water partition coefficient (Wildman–Crippen LogP) is 2.90. The summed E-state index contributed by atoms with van der Waals surface area (Å²) in [6, 6.07) is 10.1. The molecule has 3 atom stereocenters. The van der Waals surface area contributed by atoms with E-state index < -0.39 is 5.60 Å². The Morgan fingerprint density at radius 1 is 1.24 bits per heavy atom. The molecule has 3 aliphatic rings. The van der Waals surface area contributed by atoms with E-state index in [1.165, 1.54) is 0 Å². The van der Waals surface area contributed by atoms with E-state index in [1.807, 2.05) is 48.8 Å². The summed E-state index contributed by atoms with van der Waals surface area (Å²) in [4.78, 5) is 29.0. The summed E-state index contributed by atoms with van der Waals surface area (Å²) < 4.78 is 5.53. The summed E-state index contributed by atoms with van der Waals surface area (Å²) in [7, 11) is 0. The molecule has 0 N–H and O–H groups in total. The molecule has 1 saturated carbocycles. The van der Waals surface area contributed by atoms with Crippen LogP contribution in [0, 0.1) is 17.3 Å². The average Bonchev–Trinajstić information content (AvgIpc) is 2.90. The highest BCUT2D eigenvalue weighted by molar-refractivity contribution is 5.84. The van der Waals surface area contributed by atoms with Crippen LogP contribution in [-0.2, 0) is 16.1 Å². The normalized spacial score (nSPS) is 30.8. The van der Waals surface area contributed by atoms with Crippen LogP contribution < -0.4 is 0 Å². The second-order valence-electron chi connectivity index (χ2n) is 8.76. The molecule has 1 aromatic rings. The van der Waals surface area contributed by atoms with Crippen LogP contribution in [0.25, 0.3) is 0 Å². The molecule has 0 aromatic heterocycles. The molecular weight excluding hydrogens is 316 g/mol. The molecule has 1 aliphatic carbocycles. The third-order valence-electron chi connectivity index (χ3n) is 5.92. The van der Waals surface area contributed by atoms with Crippen LogP contribution in [0.3, 0.4) is 0 Å². The van der Waals surface area contributed by atoms with Gasteiger partial charge in [0.15, 0.2) is 0 Å². The van der Waals surface area contributed by atoms with Crippen LogP contribution in [0.2, 0.25) is 0 Å². The van der Waals surface area contributed by atoms with Crippen molar-refractivity contribution in [3.8, 4) is 0 Å². The Balaban J connectivity index is 1.46. The Hall–Kier alpha value is -2.04. The highest BCUT2D eigenvalue weighted by Gasteiger charge is 2.68. The van der Waals surface area contributed by atoms with Gasteiger partial charge in [-0.1, -0.05) is 30.3 Å². The Labute approximate surface area is 148 Å². The van der Waals surface area contributed by atoms with Crippen LogP contribution in [0.1, 0.15) is 32.8 Å². The van der Waals surface area contributed by atoms with Gasteiger partial charge in [0.2, 0.25) is 5.91 Å². The van der Waals surface area contributed by atoms with Crippen molar-refractivity contribution in [1.29, 1.82) is 0 Å². The van der Waals surface area contributed by atoms with Crippen LogP contribution >= 0.6 is 0 Å². The van der Waals surface area contributed by atoms with E-state index in [9.17, 15) is 9.59 Å². The van der Waals surface area contributed by atoms with Gasteiger partial charge in [-0.15, -0.1) is 0 Å². The van der Waals surface area contributed by atoms with E-state index in [0.717, 1.165) is 25.1 Å². The number of ether oxygens (including phenoxy) is 1. The first-order chi connectivity index (χ1) is 11.8. The zero-order chi connectivity index (χ0) is 17.8. The second kappa shape index (κ2) is 5.48. The van der Waals surface area contributed by atoms with Gasteiger partial charge in [-0.2, -0.15) is 0 Å². The molecule has 1 aromatic carbocycles. The van der Waals surface area contributed by atoms with Crippen molar-refractivity contribution in [3.05, 3.63) is 35.9 Å². The molecule has 2 aliphatic heterocycles. The molecule has 0 unspecified atom stereocenters. The molecule has 1 spiro atoms. The molecule has 0 bridgehead atoms. The standard InChI is InChI=1S/C20H26N2O3/c1-19(2,3)25-18(24)22-11-15-9-16-17(23)21(12-20(15,16)13-22)10-14-7-5-4-6-8-14/h4-8,15-16H,9-13H2,1-3H3/t15-,16-,20+/m1/s1. The Kier molecular flexibility index (Phi) is 3.60. The van der Waals surface area contributed by atoms with Crippen molar-refractivity contribution in [2.24, 2.45) is 17.3 Å². The zero-order valence-electron chi connectivity index (χ0n) is 15.2. The van der Waals surface area contributed by atoms with E-state index >= 15 is 0 Å². The molecule has 2 amide bonds.